The first-order valence-electron chi connectivity index (χ1n) is 8.25. The summed E-state index contributed by atoms with van der Waals surface area (Å²) >= 11 is 1.20. The number of hydrogen-bond donors (Lipinski definition) is 1. The fourth-order valence-corrected chi connectivity index (χ4v) is 6.25. The third-order valence-electron chi connectivity index (χ3n) is 4.90. The number of hydrogen-bond acceptors (Lipinski definition) is 6. The Balaban J connectivity index is 1.57. The molecule has 2 aliphatic heterocycles. The quantitative estimate of drug-likeness (QED) is 0.749. The van der Waals surface area contributed by atoms with E-state index in [2.05, 4.69) is 10.3 Å². The van der Waals surface area contributed by atoms with Gasteiger partial charge in [-0.1, -0.05) is 18.2 Å². The molecule has 0 amide bonds. The van der Waals surface area contributed by atoms with Crippen LogP contribution < -0.4 is 10.1 Å². The van der Waals surface area contributed by atoms with Crippen LogP contribution in [0.5, 0.6) is 5.75 Å². The highest BCUT2D eigenvalue weighted by atomic mass is 32.2. The number of sulfone groups is 1. The van der Waals surface area contributed by atoms with Crippen molar-refractivity contribution in [2.75, 3.05) is 13.1 Å². The molecule has 3 heterocycles. The number of para-hydroxylation sites is 1. The van der Waals surface area contributed by atoms with Gasteiger partial charge in [-0.25, -0.2) is 13.4 Å². The van der Waals surface area contributed by atoms with Crippen molar-refractivity contribution in [3.8, 4) is 5.75 Å². The van der Waals surface area contributed by atoms with Crippen LogP contribution >= 0.6 is 11.3 Å². The number of ether oxygens (including phenoxy) is 1. The highest BCUT2D eigenvalue weighted by molar-refractivity contribution is 7.93. The first kappa shape index (κ1) is 15.3. The van der Waals surface area contributed by atoms with Crippen molar-refractivity contribution in [3.63, 3.8) is 0 Å². The maximum Gasteiger partial charge on any atom is 0.233 e. The van der Waals surface area contributed by atoms with E-state index in [1.165, 1.54) is 11.3 Å². The molecule has 1 aromatic heterocycles. The fraction of sp³-hybridized carbons (Fsp3) is 0.278. The van der Waals surface area contributed by atoms with Crippen LogP contribution in [0.2, 0.25) is 0 Å². The van der Waals surface area contributed by atoms with E-state index in [9.17, 15) is 8.42 Å². The van der Waals surface area contributed by atoms with E-state index in [0.29, 0.717) is 17.2 Å². The summed E-state index contributed by atoms with van der Waals surface area (Å²) in [5, 5.41) is 3.33. The van der Waals surface area contributed by atoms with Gasteiger partial charge in [-0.2, -0.15) is 0 Å². The van der Waals surface area contributed by atoms with E-state index >= 15 is 0 Å². The number of nitrogens with zero attached hydrogens (tertiary/aromatic N) is 1. The first-order valence-corrected chi connectivity index (χ1v) is 10.5. The van der Waals surface area contributed by atoms with E-state index < -0.39 is 9.84 Å². The minimum absolute atomic E-state index is 0.101. The van der Waals surface area contributed by atoms with Crippen molar-refractivity contribution in [1.29, 1.82) is 0 Å². The van der Waals surface area contributed by atoms with Crippen molar-refractivity contribution in [3.05, 3.63) is 48.0 Å². The number of fused-ring (bicyclic) bond motifs is 4. The Morgan fingerprint density at radius 1 is 1.20 bits per heavy atom. The number of nitrogens with one attached hydrogen (secondary N) is 1. The van der Waals surface area contributed by atoms with Gasteiger partial charge in [-0.05, 0) is 37.2 Å². The van der Waals surface area contributed by atoms with Gasteiger partial charge in [0.1, 0.15) is 11.9 Å². The van der Waals surface area contributed by atoms with Gasteiger partial charge in [0.25, 0.3) is 0 Å². The Morgan fingerprint density at radius 3 is 2.96 bits per heavy atom. The molecule has 0 spiro atoms. The molecule has 1 saturated heterocycles. The Bertz CT molecular complexity index is 1040. The molecule has 7 heteroatoms. The van der Waals surface area contributed by atoms with E-state index in [-0.39, 0.29) is 15.3 Å². The summed E-state index contributed by atoms with van der Waals surface area (Å²) in [5.74, 6) is 1.05. The molecule has 2 atom stereocenters. The van der Waals surface area contributed by atoms with Gasteiger partial charge in [0.05, 0.1) is 15.1 Å². The number of rotatable bonds is 2. The lowest BCUT2D eigenvalue weighted by molar-refractivity contribution is 0.176. The SMILES string of the molecule is O=S(=O)(c1ccc2c(c1)OC1CNCCC21)c1nc2ccccc2s1. The molecule has 2 unspecified atom stereocenters. The van der Waals surface area contributed by atoms with Crippen LogP contribution in [0.1, 0.15) is 17.9 Å². The molecule has 0 saturated carbocycles. The predicted octanol–water partition coefficient (Wildman–Crippen LogP) is 2.97. The maximum atomic E-state index is 13.0. The van der Waals surface area contributed by atoms with Crippen LogP contribution in [0, 0.1) is 0 Å². The van der Waals surface area contributed by atoms with Crippen molar-refractivity contribution < 1.29 is 13.2 Å². The van der Waals surface area contributed by atoms with Gasteiger partial charge in [0, 0.05) is 18.0 Å². The zero-order chi connectivity index (χ0) is 17.0. The minimum atomic E-state index is -3.64. The third kappa shape index (κ3) is 2.38. The molecule has 2 aromatic carbocycles. The van der Waals surface area contributed by atoms with E-state index in [1.54, 1.807) is 12.1 Å². The molecule has 5 rings (SSSR count). The second kappa shape index (κ2) is 5.52. The Hall–Kier alpha value is -1.96. The second-order valence-corrected chi connectivity index (χ2v) is 9.56. The first-order chi connectivity index (χ1) is 12.1. The predicted molar refractivity (Wildman–Crippen MR) is 96.2 cm³/mol. The zero-order valence-corrected chi connectivity index (χ0v) is 14.9. The van der Waals surface area contributed by atoms with E-state index in [1.807, 2.05) is 30.3 Å². The van der Waals surface area contributed by atoms with Gasteiger partial charge in [0.2, 0.25) is 14.2 Å². The van der Waals surface area contributed by atoms with Gasteiger partial charge >= 0.3 is 0 Å². The third-order valence-corrected chi connectivity index (χ3v) is 8.07. The standard InChI is InChI=1S/C18H16N2O3S2/c21-25(22,18-20-14-3-1-2-4-17(14)24-18)11-5-6-12-13-7-8-19-10-16(13)23-15(12)9-11/h1-6,9,13,16,19H,7-8,10H2. The fourth-order valence-electron chi connectivity index (χ4n) is 3.63. The molecule has 0 aliphatic carbocycles. The number of thiazole rings is 1. The normalized spacial score (nSPS) is 22.4. The summed E-state index contributed by atoms with van der Waals surface area (Å²) in [7, 11) is -3.64. The molecule has 1 fully saturated rings. The van der Waals surface area contributed by atoms with Gasteiger partial charge < -0.3 is 10.1 Å². The minimum Gasteiger partial charge on any atom is -0.488 e. The van der Waals surface area contributed by atoms with Crippen molar-refractivity contribution in [2.45, 2.75) is 27.7 Å². The highest BCUT2D eigenvalue weighted by Crippen LogP contribution is 2.43. The molecule has 0 bridgehead atoms. The number of piperidine rings is 1. The van der Waals surface area contributed by atoms with Crippen LogP contribution in [-0.2, 0) is 9.84 Å². The summed E-state index contributed by atoms with van der Waals surface area (Å²) in [6.45, 7) is 1.77. The van der Waals surface area contributed by atoms with Crippen LogP contribution in [0.15, 0.2) is 51.7 Å². The smallest absolute Gasteiger partial charge is 0.233 e. The molecule has 25 heavy (non-hydrogen) atoms. The Morgan fingerprint density at radius 2 is 2.08 bits per heavy atom. The van der Waals surface area contributed by atoms with Crippen LogP contribution in [0.4, 0.5) is 0 Å². The molecular formula is C18H16N2O3S2. The summed E-state index contributed by atoms with van der Waals surface area (Å²) in [4.78, 5) is 4.55. The molecule has 5 nitrogen and oxygen atoms in total. The van der Waals surface area contributed by atoms with E-state index in [4.69, 9.17) is 4.74 Å². The second-order valence-electron chi connectivity index (χ2n) is 6.41. The monoisotopic (exact) mass is 372 g/mol. The van der Waals surface area contributed by atoms with Crippen molar-refractivity contribution >= 4 is 31.4 Å². The summed E-state index contributed by atoms with van der Waals surface area (Å²) < 4.78 is 33.0. The number of benzene rings is 2. The average Bonchev–Trinajstić information content (AvgIpc) is 3.22. The van der Waals surface area contributed by atoms with Crippen LogP contribution in [0.25, 0.3) is 10.2 Å². The van der Waals surface area contributed by atoms with Gasteiger partial charge in [-0.15, -0.1) is 11.3 Å². The molecular weight excluding hydrogens is 356 g/mol. The van der Waals surface area contributed by atoms with E-state index in [0.717, 1.165) is 29.8 Å². The van der Waals surface area contributed by atoms with Crippen LogP contribution in [-0.4, -0.2) is 32.6 Å². The van der Waals surface area contributed by atoms with Crippen molar-refractivity contribution in [1.82, 2.24) is 10.3 Å². The lowest BCUT2D eigenvalue weighted by Gasteiger charge is -2.24. The summed E-state index contributed by atoms with van der Waals surface area (Å²) in [6, 6.07) is 12.7. The molecule has 0 radical (unpaired) electrons. The largest absolute Gasteiger partial charge is 0.488 e. The zero-order valence-electron chi connectivity index (χ0n) is 13.3. The van der Waals surface area contributed by atoms with Crippen molar-refractivity contribution in [2.24, 2.45) is 0 Å². The molecule has 2 aliphatic rings. The molecule has 3 aromatic rings. The van der Waals surface area contributed by atoms with Gasteiger partial charge in [-0.3, -0.25) is 0 Å². The topological polar surface area (TPSA) is 68.3 Å². The molecule has 128 valence electrons. The highest BCUT2D eigenvalue weighted by Gasteiger charge is 2.37. The average molecular weight is 372 g/mol. The summed E-state index contributed by atoms with van der Waals surface area (Å²) in [6.07, 6.45) is 1.12. The Labute approximate surface area is 149 Å². The lowest BCUT2D eigenvalue weighted by atomic mass is 9.90. The number of aromatic nitrogens is 1. The molecule has 1 N–H and O–H groups in total. The summed E-state index contributed by atoms with van der Waals surface area (Å²) in [5.41, 5.74) is 1.83. The maximum absolute atomic E-state index is 13.0. The Kier molecular flexibility index (Phi) is 3.38. The van der Waals surface area contributed by atoms with Crippen LogP contribution in [0.3, 0.4) is 0 Å². The lowest BCUT2D eigenvalue weighted by Crippen LogP contribution is -2.39. The van der Waals surface area contributed by atoms with Gasteiger partial charge in [0.15, 0.2) is 0 Å².